The third kappa shape index (κ3) is 4.20. The van der Waals surface area contributed by atoms with E-state index < -0.39 is 0 Å². The van der Waals surface area contributed by atoms with Gasteiger partial charge in [-0.3, -0.25) is 0 Å². The van der Waals surface area contributed by atoms with Crippen LogP contribution in [0.1, 0.15) is 23.1 Å². The summed E-state index contributed by atoms with van der Waals surface area (Å²) in [7, 11) is 0. The predicted octanol–water partition coefficient (Wildman–Crippen LogP) is 12.1. The molecule has 7 aromatic carbocycles. The molecule has 0 saturated heterocycles. The van der Waals surface area contributed by atoms with Crippen LogP contribution in [-0.4, -0.2) is 15.9 Å². The highest BCUT2D eigenvalue weighted by Gasteiger charge is 2.24. The Balaban J connectivity index is 1.20. The first-order valence-corrected chi connectivity index (χ1v) is 17.4. The molecule has 0 radical (unpaired) electrons. The highest BCUT2D eigenvalue weighted by molar-refractivity contribution is 6.31. The summed E-state index contributed by atoms with van der Waals surface area (Å²) in [5.74, 6) is 0.726. The smallest absolute Gasteiger partial charge is 0.160 e. The fourth-order valence-electron chi connectivity index (χ4n) is 8.14. The fourth-order valence-corrected chi connectivity index (χ4v) is 8.14. The van der Waals surface area contributed by atoms with Crippen molar-refractivity contribution in [2.75, 3.05) is 0 Å². The van der Waals surface area contributed by atoms with E-state index in [9.17, 15) is 0 Å². The van der Waals surface area contributed by atoms with E-state index in [1.807, 2.05) is 18.2 Å². The second kappa shape index (κ2) is 10.9. The van der Waals surface area contributed by atoms with E-state index in [1.54, 1.807) is 0 Å². The summed E-state index contributed by atoms with van der Waals surface area (Å²) in [6, 6.07) is 55.7. The van der Waals surface area contributed by atoms with Crippen molar-refractivity contribution in [1.82, 2.24) is 4.40 Å². The van der Waals surface area contributed by atoms with Crippen LogP contribution in [0, 0.1) is 0 Å². The molecule has 3 aromatic heterocycles. The molecule has 4 nitrogen and oxygen atoms in total. The molecular formula is C47H29N3O. The molecule has 0 fully saturated rings. The number of nitrogens with zero attached hydrogens (tertiary/aromatic N) is 3. The molecule has 51 heavy (non-hydrogen) atoms. The molecule has 10 aromatic rings. The number of hydrogen-bond donors (Lipinski definition) is 0. The number of allylic oxidation sites excluding steroid dienone is 1. The lowest BCUT2D eigenvalue weighted by Crippen LogP contribution is -2.05. The van der Waals surface area contributed by atoms with Gasteiger partial charge < -0.3 is 8.82 Å². The van der Waals surface area contributed by atoms with Gasteiger partial charge in [-0.2, -0.15) is 0 Å². The third-order valence-corrected chi connectivity index (χ3v) is 10.4. The Labute approximate surface area is 293 Å². The lowest BCUT2D eigenvalue weighted by molar-refractivity contribution is 0.669. The van der Waals surface area contributed by atoms with E-state index in [-0.39, 0.29) is 0 Å². The molecule has 0 aliphatic carbocycles. The molecular weight excluding hydrogens is 623 g/mol. The van der Waals surface area contributed by atoms with Gasteiger partial charge in [0.05, 0.1) is 28.0 Å². The summed E-state index contributed by atoms with van der Waals surface area (Å²) in [4.78, 5) is 10.7. The largest absolute Gasteiger partial charge is 0.456 e. The SMILES string of the molecule is C1=C(c2ccccc2)N=C(c2ccc3c4cccc(-c5ccc6oc7ccccc7c6c5)c4n4c5ccccc5c2c34)N=C(c2ccccc2)C1. The van der Waals surface area contributed by atoms with Crippen LogP contribution in [0.15, 0.2) is 178 Å². The van der Waals surface area contributed by atoms with Crippen LogP contribution in [0.3, 0.4) is 0 Å². The number of aromatic nitrogens is 1. The molecule has 0 unspecified atom stereocenters. The van der Waals surface area contributed by atoms with Crippen molar-refractivity contribution in [1.29, 1.82) is 0 Å². The minimum absolute atomic E-state index is 0.690. The zero-order valence-electron chi connectivity index (χ0n) is 27.5. The maximum atomic E-state index is 6.20. The minimum atomic E-state index is 0.690. The summed E-state index contributed by atoms with van der Waals surface area (Å²) in [6.45, 7) is 0. The summed E-state index contributed by atoms with van der Waals surface area (Å²) in [5.41, 5.74) is 12.9. The van der Waals surface area contributed by atoms with Gasteiger partial charge in [-0.25, -0.2) is 9.98 Å². The van der Waals surface area contributed by atoms with E-state index in [0.29, 0.717) is 6.42 Å². The number of furan rings is 1. The van der Waals surface area contributed by atoms with Gasteiger partial charge in [-0.15, -0.1) is 0 Å². The Bertz CT molecular complexity index is 3090. The van der Waals surface area contributed by atoms with Gasteiger partial charge in [0, 0.05) is 49.9 Å². The van der Waals surface area contributed by atoms with Crippen LogP contribution in [-0.2, 0) is 0 Å². The first-order valence-electron chi connectivity index (χ1n) is 17.4. The Kier molecular flexibility index (Phi) is 5.98. The van der Waals surface area contributed by atoms with Crippen molar-refractivity contribution in [2.24, 2.45) is 9.98 Å². The van der Waals surface area contributed by atoms with E-state index in [2.05, 4.69) is 150 Å². The summed E-state index contributed by atoms with van der Waals surface area (Å²) >= 11 is 0. The van der Waals surface area contributed by atoms with Gasteiger partial charge in [-0.1, -0.05) is 133 Å². The number of hydrogen-bond acceptors (Lipinski definition) is 3. The number of fused-ring (bicyclic) bond motifs is 9. The molecule has 238 valence electrons. The van der Waals surface area contributed by atoms with Crippen LogP contribution in [0.2, 0.25) is 0 Å². The van der Waals surface area contributed by atoms with E-state index in [4.69, 9.17) is 14.4 Å². The van der Waals surface area contributed by atoms with Crippen molar-refractivity contribution >= 4 is 77.3 Å². The van der Waals surface area contributed by atoms with Crippen molar-refractivity contribution in [3.63, 3.8) is 0 Å². The molecule has 0 atom stereocenters. The minimum Gasteiger partial charge on any atom is -0.456 e. The molecule has 0 N–H and O–H groups in total. The molecule has 1 aliphatic rings. The number of rotatable bonds is 4. The molecule has 4 heteroatoms. The Morgan fingerprint density at radius 1 is 0.471 bits per heavy atom. The quantitative estimate of drug-likeness (QED) is 0.187. The number of para-hydroxylation sites is 3. The van der Waals surface area contributed by atoms with Gasteiger partial charge in [0.15, 0.2) is 5.84 Å². The van der Waals surface area contributed by atoms with Crippen LogP contribution >= 0.6 is 0 Å². The van der Waals surface area contributed by atoms with Crippen molar-refractivity contribution in [2.45, 2.75) is 6.42 Å². The van der Waals surface area contributed by atoms with Gasteiger partial charge in [-0.05, 0) is 47.0 Å². The lowest BCUT2D eigenvalue weighted by Gasteiger charge is -2.08. The number of amidine groups is 1. The van der Waals surface area contributed by atoms with Crippen LogP contribution < -0.4 is 0 Å². The number of benzene rings is 7. The Morgan fingerprint density at radius 3 is 2.04 bits per heavy atom. The summed E-state index contributed by atoms with van der Waals surface area (Å²) in [6.07, 6.45) is 2.90. The topological polar surface area (TPSA) is 42.3 Å². The lowest BCUT2D eigenvalue weighted by atomic mass is 9.98. The predicted molar refractivity (Wildman–Crippen MR) is 212 cm³/mol. The molecule has 0 bridgehead atoms. The molecule has 0 spiro atoms. The Hall–Kier alpha value is -6.78. The second-order valence-corrected chi connectivity index (χ2v) is 13.3. The third-order valence-electron chi connectivity index (χ3n) is 10.4. The molecule has 4 heterocycles. The molecule has 0 saturated carbocycles. The normalized spacial score (nSPS) is 13.8. The van der Waals surface area contributed by atoms with Crippen molar-refractivity contribution < 1.29 is 4.42 Å². The average molecular weight is 652 g/mol. The fraction of sp³-hybridized carbons (Fsp3) is 0.0213. The summed E-state index contributed by atoms with van der Waals surface area (Å²) < 4.78 is 8.67. The van der Waals surface area contributed by atoms with Gasteiger partial charge in [0.2, 0.25) is 0 Å². The molecule has 0 amide bonds. The first-order chi connectivity index (χ1) is 25.3. The molecule has 1 aliphatic heterocycles. The Morgan fingerprint density at radius 2 is 1.18 bits per heavy atom. The second-order valence-electron chi connectivity index (χ2n) is 13.3. The first kappa shape index (κ1) is 28.1. The highest BCUT2D eigenvalue weighted by atomic mass is 16.3. The maximum absolute atomic E-state index is 6.20. The van der Waals surface area contributed by atoms with Crippen molar-refractivity contribution in [3.05, 3.63) is 180 Å². The van der Waals surface area contributed by atoms with Crippen LogP contribution in [0.5, 0.6) is 0 Å². The average Bonchev–Trinajstić information content (AvgIpc) is 3.79. The van der Waals surface area contributed by atoms with Crippen LogP contribution in [0.25, 0.3) is 76.9 Å². The number of aliphatic imine (C=N–C) groups is 2. The standard InChI is InChI=1S/C47H29N3O/c1-3-12-29(13-4-1)39-25-26-40(30-14-5-2-6-15-30)49-47(48-39)37-24-23-35-34-19-11-18-32(45(34)50-41-20-9-7-17-36(41)44(37)46(35)50)31-22-27-43-38(28-31)33-16-8-10-21-42(33)51-43/h1-25,27-28H,26H2. The zero-order chi connectivity index (χ0) is 33.5. The van der Waals surface area contributed by atoms with Gasteiger partial charge >= 0.3 is 0 Å². The van der Waals surface area contributed by atoms with Crippen molar-refractivity contribution in [3.8, 4) is 11.1 Å². The zero-order valence-corrected chi connectivity index (χ0v) is 27.5. The van der Waals surface area contributed by atoms with E-state index >= 15 is 0 Å². The highest BCUT2D eigenvalue weighted by Crippen LogP contribution is 2.45. The van der Waals surface area contributed by atoms with Gasteiger partial charge in [0.25, 0.3) is 0 Å². The molecule has 11 rings (SSSR count). The monoisotopic (exact) mass is 651 g/mol. The van der Waals surface area contributed by atoms with Crippen LogP contribution in [0.4, 0.5) is 0 Å². The van der Waals surface area contributed by atoms with Gasteiger partial charge in [0.1, 0.15) is 11.2 Å². The maximum Gasteiger partial charge on any atom is 0.160 e. The van der Waals surface area contributed by atoms with E-state index in [1.165, 1.54) is 43.7 Å². The summed E-state index contributed by atoms with van der Waals surface area (Å²) in [5, 5.41) is 7.06. The van der Waals surface area contributed by atoms with E-state index in [0.717, 1.165) is 61.4 Å².